The zero-order valence-corrected chi connectivity index (χ0v) is 22.5. The zero-order valence-electron chi connectivity index (χ0n) is 22.5. The van der Waals surface area contributed by atoms with Crippen molar-refractivity contribution in [2.24, 2.45) is 5.92 Å². The average molecular weight is 551 g/mol. The van der Waals surface area contributed by atoms with Gasteiger partial charge in [0.25, 0.3) is 0 Å². The summed E-state index contributed by atoms with van der Waals surface area (Å²) in [7, 11) is 0. The van der Waals surface area contributed by atoms with Gasteiger partial charge in [0.1, 0.15) is 23.2 Å². The molecule has 208 valence electrons. The third kappa shape index (κ3) is 5.91. The maximum atomic E-state index is 14.8. The maximum Gasteiger partial charge on any atom is 0.429 e. The Morgan fingerprint density at radius 3 is 1.90 bits per heavy atom. The molecule has 1 unspecified atom stereocenters. The van der Waals surface area contributed by atoms with Gasteiger partial charge in [-0.1, -0.05) is 74.7 Å². The van der Waals surface area contributed by atoms with Crippen molar-refractivity contribution in [1.82, 2.24) is 0 Å². The molecule has 4 aromatic carbocycles. The van der Waals surface area contributed by atoms with Gasteiger partial charge >= 0.3 is 6.11 Å². The summed E-state index contributed by atoms with van der Waals surface area (Å²) in [6.45, 7) is 3.40. The molecule has 4 aromatic rings. The molecule has 1 aliphatic rings. The largest absolute Gasteiger partial charge is 0.429 e. The number of hydrogen-bond acceptors (Lipinski definition) is 1. The fourth-order valence-corrected chi connectivity index (χ4v) is 5.45. The van der Waals surface area contributed by atoms with Crippen molar-refractivity contribution in [2.45, 2.75) is 58.5 Å². The minimum absolute atomic E-state index is 0.320. The Balaban J connectivity index is 1.30. The summed E-state index contributed by atoms with van der Waals surface area (Å²) < 4.78 is 76.3. The van der Waals surface area contributed by atoms with Crippen molar-refractivity contribution in [2.75, 3.05) is 0 Å². The summed E-state index contributed by atoms with van der Waals surface area (Å²) in [6, 6.07) is 18.7. The van der Waals surface area contributed by atoms with Gasteiger partial charge in [-0.3, -0.25) is 0 Å². The highest BCUT2D eigenvalue weighted by atomic mass is 19.3. The van der Waals surface area contributed by atoms with E-state index >= 15 is 0 Å². The Morgan fingerprint density at radius 2 is 1.27 bits per heavy atom. The third-order valence-corrected chi connectivity index (χ3v) is 7.77. The third-order valence-electron chi connectivity index (χ3n) is 7.77. The lowest BCUT2D eigenvalue weighted by molar-refractivity contribution is -0.187. The van der Waals surface area contributed by atoms with E-state index in [0.717, 1.165) is 36.1 Å². The fraction of sp³-hybridized carbons (Fsp3) is 0.294. The van der Waals surface area contributed by atoms with Gasteiger partial charge in [-0.25, -0.2) is 13.2 Å². The molecule has 0 N–H and O–H groups in total. The number of ether oxygens (including phenoxy) is 1. The van der Waals surface area contributed by atoms with Gasteiger partial charge in [-0.2, -0.15) is 8.78 Å². The summed E-state index contributed by atoms with van der Waals surface area (Å²) in [5.74, 6) is -3.27. The van der Waals surface area contributed by atoms with Crippen LogP contribution in [0.1, 0.15) is 54.9 Å². The first kappa shape index (κ1) is 27.9. The highest BCUT2D eigenvalue weighted by molar-refractivity contribution is 5.71. The molecule has 0 bridgehead atoms. The van der Waals surface area contributed by atoms with Crippen LogP contribution in [-0.2, 0) is 19.0 Å². The van der Waals surface area contributed by atoms with Gasteiger partial charge in [0.2, 0.25) is 0 Å². The van der Waals surface area contributed by atoms with Gasteiger partial charge in [-0.15, -0.1) is 0 Å². The van der Waals surface area contributed by atoms with Crippen LogP contribution in [0, 0.1) is 30.3 Å². The lowest BCUT2D eigenvalue weighted by Gasteiger charge is -2.19. The van der Waals surface area contributed by atoms with Crippen LogP contribution in [0.25, 0.3) is 22.3 Å². The quantitative estimate of drug-likeness (QED) is 0.149. The first-order valence-corrected chi connectivity index (χ1v) is 13.7. The predicted octanol–water partition coefficient (Wildman–Crippen LogP) is 10.2. The van der Waals surface area contributed by atoms with Crippen LogP contribution in [-0.4, -0.2) is 0 Å². The topological polar surface area (TPSA) is 9.23 Å². The number of halogens is 5. The summed E-state index contributed by atoms with van der Waals surface area (Å²) in [5.41, 5.74) is 4.70. The van der Waals surface area contributed by atoms with Crippen molar-refractivity contribution in [3.05, 3.63) is 113 Å². The first-order chi connectivity index (χ1) is 19.1. The molecule has 0 spiro atoms. The normalized spacial score (nSPS) is 14.8. The molecular formula is C34H31F5O. The van der Waals surface area contributed by atoms with Gasteiger partial charge in [0.15, 0.2) is 0 Å². The highest BCUT2D eigenvalue weighted by Gasteiger charge is 2.38. The lowest BCUT2D eigenvalue weighted by Crippen LogP contribution is -2.23. The second-order valence-corrected chi connectivity index (χ2v) is 10.7. The molecule has 0 fully saturated rings. The van der Waals surface area contributed by atoms with Crippen molar-refractivity contribution >= 4 is 0 Å². The minimum atomic E-state index is -4.14. The van der Waals surface area contributed by atoms with E-state index in [1.54, 1.807) is 0 Å². The predicted molar refractivity (Wildman–Crippen MR) is 148 cm³/mol. The van der Waals surface area contributed by atoms with Crippen LogP contribution in [0.5, 0.6) is 5.75 Å². The number of hydrogen-bond donors (Lipinski definition) is 0. The molecule has 0 radical (unpaired) electrons. The van der Waals surface area contributed by atoms with Crippen LogP contribution < -0.4 is 4.74 Å². The first-order valence-electron chi connectivity index (χ1n) is 13.7. The van der Waals surface area contributed by atoms with E-state index < -0.39 is 34.9 Å². The molecule has 1 aliphatic carbocycles. The lowest BCUT2D eigenvalue weighted by atomic mass is 9.97. The zero-order chi connectivity index (χ0) is 28.4. The van der Waals surface area contributed by atoms with E-state index in [9.17, 15) is 22.0 Å². The fourth-order valence-electron chi connectivity index (χ4n) is 5.45. The molecule has 0 heterocycles. The average Bonchev–Trinajstić information content (AvgIpc) is 3.33. The van der Waals surface area contributed by atoms with Crippen molar-refractivity contribution < 1.29 is 26.7 Å². The van der Waals surface area contributed by atoms with Crippen molar-refractivity contribution in [3.8, 4) is 28.0 Å². The van der Waals surface area contributed by atoms with Crippen LogP contribution in [0.4, 0.5) is 22.0 Å². The molecule has 0 saturated heterocycles. The van der Waals surface area contributed by atoms with E-state index in [1.807, 2.05) is 24.3 Å². The number of benzene rings is 4. The Labute approximate surface area is 231 Å². The monoisotopic (exact) mass is 550 g/mol. The second-order valence-electron chi connectivity index (χ2n) is 10.7. The molecule has 5 rings (SSSR count). The number of alkyl halides is 2. The van der Waals surface area contributed by atoms with Gasteiger partial charge in [0, 0.05) is 17.7 Å². The Kier molecular flexibility index (Phi) is 7.97. The van der Waals surface area contributed by atoms with Gasteiger partial charge in [0.05, 0.1) is 5.56 Å². The van der Waals surface area contributed by atoms with Crippen LogP contribution in [0.15, 0.2) is 72.8 Å². The van der Waals surface area contributed by atoms with Crippen molar-refractivity contribution in [1.29, 1.82) is 0 Å². The Morgan fingerprint density at radius 1 is 0.700 bits per heavy atom. The Hall–Kier alpha value is -3.67. The standard InChI is InChI=1S/C34H31F5O/c1-3-4-5-6-22-15-25-11-12-26(17-28(25)16-22)23-7-9-24(10-8-23)27-13-14-30(33(37)18-27)34(38,39)40-29-19-31(35)21(2)32(36)20-29/h7-14,17-20,22H,3-6,15-16H2,1-2H3. The second kappa shape index (κ2) is 11.4. The summed E-state index contributed by atoms with van der Waals surface area (Å²) >= 11 is 0. The highest BCUT2D eigenvalue weighted by Crippen LogP contribution is 2.37. The molecule has 0 amide bonds. The number of unbranched alkanes of at least 4 members (excludes halogenated alkanes) is 2. The van der Waals surface area contributed by atoms with E-state index in [-0.39, 0.29) is 5.56 Å². The van der Waals surface area contributed by atoms with E-state index in [0.29, 0.717) is 29.2 Å². The van der Waals surface area contributed by atoms with E-state index in [2.05, 4.69) is 29.9 Å². The molecule has 6 heteroatoms. The molecule has 0 aromatic heterocycles. The molecule has 1 nitrogen and oxygen atoms in total. The molecule has 1 atom stereocenters. The van der Waals surface area contributed by atoms with Gasteiger partial charge < -0.3 is 4.74 Å². The summed E-state index contributed by atoms with van der Waals surface area (Å²) in [5, 5.41) is 0. The van der Waals surface area contributed by atoms with Gasteiger partial charge in [-0.05, 0) is 77.6 Å². The SMILES string of the molecule is CCCCCC1Cc2ccc(-c3ccc(-c4ccc(C(F)(F)Oc5cc(F)c(C)c(F)c5)c(F)c4)cc3)cc2C1. The van der Waals surface area contributed by atoms with E-state index in [4.69, 9.17) is 0 Å². The smallest absolute Gasteiger partial charge is 0.429 e. The number of fused-ring (bicyclic) bond motifs is 1. The summed E-state index contributed by atoms with van der Waals surface area (Å²) in [4.78, 5) is 0. The van der Waals surface area contributed by atoms with Crippen LogP contribution in [0.3, 0.4) is 0 Å². The minimum Gasteiger partial charge on any atom is -0.429 e. The molecule has 0 aliphatic heterocycles. The van der Waals surface area contributed by atoms with Crippen LogP contribution >= 0.6 is 0 Å². The van der Waals surface area contributed by atoms with Crippen molar-refractivity contribution in [3.63, 3.8) is 0 Å². The van der Waals surface area contributed by atoms with E-state index in [1.165, 1.54) is 49.8 Å². The van der Waals surface area contributed by atoms with Crippen LogP contribution in [0.2, 0.25) is 0 Å². The molecule has 40 heavy (non-hydrogen) atoms. The Bertz CT molecular complexity index is 1490. The number of rotatable bonds is 9. The maximum absolute atomic E-state index is 14.8. The molecular weight excluding hydrogens is 519 g/mol. The summed E-state index contributed by atoms with van der Waals surface area (Å²) in [6.07, 6.45) is 3.18. The molecule has 0 saturated carbocycles.